The highest BCUT2D eigenvalue weighted by Crippen LogP contribution is 2.29. The number of amides is 1. The zero-order chi connectivity index (χ0) is 14.5. The van der Waals surface area contributed by atoms with Crippen LogP contribution in [0.15, 0.2) is 29.0 Å². The predicted molar refractivity (Wildman–Crippen MR) is 78.5 cm³/mol. The number of nitrogens with zero attached hydrogens (tertiary/aromatic N) is 3. The quantitative estimate of drug-likeness (QED) is 0.832. The molecule has 1 atom stereocenters. The van der Waals surface area contributed by atoms with Crippen molar-refractivity contribution in [3.63, 3.8) is 0 Å². The van der Waals surface area contributed by atoms with E-state index >= 15 is 0 Å². The standard InChI is InChI=1S/C13H14BrN5O/c1-13(5-11(20)18(2)12(15)17-13)9-6-16-10-4-3-8(14)7-19(9)10/h3-4,6-7H,5H2,1-2H3,(H2,15,17)/t13-/m0/s1. The number of pyridine rings is 1. The van der Waals surface area contributed by atoms with Crippen LogP contribution in [0.1, 0.15) is 19.0 Å². The van der Waals surface area contributed by atoms with E-state index in [2.05, 4.69) is 26.2 Å². The van der Waals surface area contributed by atoms with Gasteiger partial charge in [-0.2, -0.15) is 0 Å². The summed E-state index contributed by atoms with van der Waals surface area (Å²) in [5.41, 5.74) is 1.03. The number of hydrogen-bond donors (Lipinski definition) is 2. The van der Waals surface area contributed by atoms with E-state index in [9.17, 15) is 4.79 Å². The molecule has 0 aromatic carbocycles. The van der Waals surface area contributed by atoms with Gasteiger partial charge in [0.2, 0.25) is 5.91 Å². The number of hydrogen-bond acceptors (Lipinski definition) is 3. The van der Waals surface area contributed by atoms with E-state index in [0.717, 1.165) is 15.8 Å². The fourth-order valence-corrected chi connectivity index (χ4v) is 2.79. The highest BCUT2D eigenvalue weighted by Gasteiger charge is 2.39. The second kappa shape index (κ2) is 4.31. The molecule has 2 aromatic heterocycles. The maximum absolute atomic E-state index is 12.0. The molecule has 1 aliphatic heterocycles. The number of nitrogens with one attached hydrogen (secondary N) is 2. The molecule has 7 heteroatoms. The van der Waals surface area contributed by atoms with Gasteiger partial charge in [0.05, 0.1) is 23.9 Å². The molecule has 3 rings (SSSR count). The average Bonchev–Trinajstić information content (AvgIpc) is 2.79. The minimum Gasteiger partial charge on any atom is -0.345 e. The van der Waals surface area contributed by atoms with Crippen LogP contribution in [0, 0.1) is 5.41 Å². The summed E-state index contributed by atoms with van der Waals surface area (Å²) in [5.74, 6) is 0.0230. The van der Waals surface area contributed by atoms with Crippen LogP contribution in [-0.4, -0.2) is 33.2 Å². The van der Waals surface area contributed by atoms with Crippen molar-refractivity contribution in [3.8, 4) is 0 Å². The zero-order valence-corrected chi connectivity index (χ0v) is 12.7. The van der Waals surface area contributed by atoms with Crippen LogP contribution in [-0.2, 0) is 10.3 Å². The third-order valence-electron chi connectivity index (χ3n) is 3.64. The summed E-state index contributed by atoms with van der Waals surface area (Å²) in [4.78, 5) is 17.7. The van der Waals surface area contributed by atoms with E-state index in [0.29, 0.717) is 0 Å². The number of guanidine groups is 1. The van der Waals surface area contributed by atoms with Crippen LogP contribution in [0.25, 0.3) is 5.65 Å². The molecule has 1 amide bonds. The van der Waals surface area contributed by atoms with Crippen molar-refractivity contribution >= 4 is 33.4 Å². The van der Waals surface area contributed by atoms with Crippen LogP contribution in [0.5, 0.6) is 0 Å². The lowest BCUT2D eigenvalue weighted by molar-refractivity contribution is -0.129. The van der Waals surface area contributed by atoms with Gasteiger partial charge in [0.15, 0.2) is 5.96 Å². The largest absolute Gasteiger partial charge is 0.345 e. The fraction of sp³-hybridized carbons (Fsp3) is 0.308. The number of carbonyl (C=O) groups is 1. The van der Waals surface area contributed by atoms with Crippen molar-refractivity contribution in [1.82, 2.24) is 19.6 Å². The first-order valence-electron chi connectivity index (χ1n) is 6.17. The summed E-state index contributed by atoms with van der Waals surface area (Å²) < 4.78 is 2.87. The summed E-state index contributed by atoms with van der Waals surface area (Å²) in [7, 11) is 1.60. The maximum Gasteiger partial charge on any atom is 0.231 e. The molecule has 2 N–H and O–H groups in total. The van der Waals surface area contributed by atoms with Gasteiger partial charge in [-0.3, -0.25) is 15.1 Å². The molecule has 0 aliphatic carbocycles. The first-order chi connectivity index (χ1) is 9.40. The molecule has 0 spiro atoms. The Kier molecular flexibility index (Phi) is 2.82. The lowest BCUT2D eigenvalue weighted by Crippen LogP contribution is -2.58. The van der Waals surface area contributed by atoms with Gasteiger partial charge < -0.3 is 9.72 Å². The monoisotopic (exact) mass is 335 g/mol. The lowest BCUT2D eigenvalue weighted by atomic mass is 9.91. The summed E-state index contributed by atoms with van der Waals surface area (Å²) in [5, 5.41) is 11.0. The third-order valence-corrected chi connectivity index (χ3v) is 4.11. The summed E-state index contributed by atoms with van der Waals surface area (Å²) in [6, 6.07) is 3.82. The summed E-state index contributed by atoms with van der Waals surface area (Å²) >= 11 is 3.44. The van der Waals surface area contributed by atoms with E-state index in [4.69, 9.17) is 5.41 Å². The number of imidazole rings is 1. The number of rotatable bonds is 1. The van der Waals surface area contributed by atoms with E-state index in [-0.39, 0.29) is 18.3 Å². The average molecular weight is 336 g/mol. The van der Waals surface area contributed by atoms with E-state index in [1.165, 1.54) is 4.90 Å². The predicted octanol–water partition coefficient (Wildman–Crippen LogP) is 1.70. The second-order valence-electron chi connectivity index (χ2n) is 5.15. The molecule has 6 nitrogen and oxygen atoms in total. The summed E-state index contributed by atoms with van der Waals surface area (Å²) in [6.45, 7) is 1.91. The van der Waals surface area contributed by atoms with Crippen molar-refractivity contribution in [1.29, 1.82) is 5.41 Å². The summed E-state index contributed by atoms with van der Waals surface area (Å²) in [6.07, 6.45) is 3.95. The molecule has 20 heavy (non-hydrogen) atoms. The molecule has 0 saturated carbocycles. The maximum atomic E-state index is 12.0. The molecular weight excluding hydrogens is 322 g/mol. The van der Waals surface area contributed by atoms with Gasteiger partial charge in [-0.1, -0.05) is 0 Å². The number of aromatic nitrogens is 2. The normalized spacial score (nSPS) is 23.2. The van der Waals surface area contributed by atoms with E-state index in [1.54, 1.807) is 13.2 Å². The molecule has 0 radical (unpaired) electrons. The van der Waals surface area contributed by atoms with Crippen LogP contribution in [0.4, 0.5) is 0 Å². The second-order valence-corrected chi connectivity index (χ2v) is 6.07. The Balaban J connectivity index is 2.12. The van der Waals surface area contributed by atoms with Gasteiger partial charge in [0.25, 0.3) is 0 Å². The number of fused-ring (bicyclic) bond motifs is 1. The third kappa shape index (κ3) is 1.89. The number of halogens is 1. The number of carbonyl (C=O) groups excluding carboxylic acids is 1. The SMILES string of the molecule is CN1C(=N)N[C@](C)(c2cnc3ccc(Br)cn23)CC1=O. The van der Waals surface area contributed by atoms with Crippen LogP contribution in [0.3, 0.4) is 0 Å². The molecule has 1 aliphatic rings. The van der Waals surface area contributed by atoms with Gasteiger partial charge in [0.1, 0.15) is 5.65 Å². The Morgan fingerprint density at radius 3 is 2.95 bits per heavy atom. The van der Waals surface area contributed by atoms with E-state index < -0.39 is 5.54 Å². The Bertz CT molecular complexity index is 705. The molecular formula is C13H14BrN5O. The van der Waals surface area contributed by atoms with Crippen LogP contribution in [0.2, 0.25) is 0 Å². The lowest BCUT2D eigenvalue weighted by Gasteiger charge is -2.38. The fourth-order valence-electron chi connectivity index (χ4n) is 2.45. The van der Waals surface area contributed by atoms with E-state index in [1.807, 2.05) is 29.7 Å². The molecule has 3 heterocycles. The highest BCUT2D eigenvalue weighted by atomic mass is 79.9. The first-order valence-corrected chi connectivity index (χ1v) is 6.96. The van der Waals surface area contributed by atoms with Gasteiger partial charge in [-0.15, -0.1) is 0 Å². The first kappa shape index (κ1) is 13.1. The van der Waals surface area contributed by atoms with Crippen molar-refractivity contribution in [2.75, 3.05) is 7.05 Å². The van der Waals surface area contributed by atoms with Gasteiger partial charge in [-0.05, 0) is 35.0 Å². The molecule has 2 aromatic rings. The van der Waals surface area contributed by atoms with Crippen molar-refractivity contribution in [2.24, 2.45) is 0 Å². The minimum absolute atomic E-state index is 0.0822. The Hall–Kier alpha value is -1.89. The smallest absolute Gasteiger partial charge is 0.231 e. The molecule has 1 saturated heterocycles. The molecule has 0 bridgehead atoms. The van der Waals surface area contributed by atoms with Gasteiger partial charge in [-0.25, -0.2) is 4.98 Å². The van der Waals surface area contributed by atoms with Crippen molar-refractivity contribution in [3.05, 3.63) is 34.7 Å². The van der Waals surface area contributed by atoms with Gasteiger partial charge >= 0.3 is 0 Å². The van der Waals surface area contributed by atoms with Crippen molar-refractivity contribution < 1.29 is 4.79 Å². The zero-order valence-electron chi connectivity index (χ0n) is 11.1. The molecule has 0 unspecified atom stereocenters. The minimum atomic E-state index is -0.638. The Morgan fingerprint density at radius 2 is 2.25 bits per heavy atom. The van der Waals surface area contributed by atoms with Gasteiger partial charge in [0, 0.05) is 17.7 Å². The Morgan fingerprint density at radius 1 is 1.50 bits per heavy atom. The highest BCUT2D eigenvalue weighted by molar-refractivity contribution is 9.10. The molecule has 1 fully saturated rings. The molecule has 104 valence electrons. The van der Waals surface area contributed by atoms with Crippen LogP contribution < -0.4 is 5.32 Å². The Labute approximate surface area is 124 Å². The van der Waals surface area contributed by atoms with Crippen molar-refractivity contribution in [2.45, 2.75) is 18.9 Å². The topological polar surface area (TPSA) is 73.5 Å². The van der Waals surface area contributed by atoms with Crippen LogP contribution >= 0.6 is 15.9 Å².